The van der Waals surface area contributed by atoms with Crippen LogP contribution in [0, 0.1) is 0 Å². The van der Waals surface area contributed by atoms with E-state index in [1.807, 2.05) is 0 Å². The van der Waals surface area contributed by atoms with Crippen LogP contribution >= 0.6 is 0 Å². The molecule has 7 heteroatoms. The SMILES string of the molecule is COCCOCCCCNc1cncc(C(=O)O)n1. The number of rotatable bonds is 10. The smallest absolute Gasteiger partial charge is 0.356 e. The summed E-state index contributed by atoms with van der Waals surface area (Å²) in [5.41, 5.74) is -0.0621. The van der Waals surface area contributed by atoms with Gasteiger partial charge in [0, 0.05) is 20.3 Å². The number of aromatic carboxylic acids is 1. The highest BCUT2D eigenvalue weighted by Crippen LogP contribution is 2.02. The molecule has 0 saturated heterocycles. The highest BCUT2D eigenvalue weighted by atomic mass is 16.5. The number of carboxylic acids is 1. The van der Waals surface area contributed by atoms with Gasteiger partial charge >= 0.3 is 5.97 Å². The standard InChI is InChI=1S/C12H19N3O4/c1-18-6-7-19-5-3-2-4-14-11-9-13-8-10(15-11)12(16)17/h8-9H,2-7H2,1H3,(H,14,15)(H,16,17). The Bertz CT molecular complexity index is 387. The van der Waals surface area contributed by atoms with E-state index in [0.29, 0.717) is 32.2 Å². The van der Waals surface area contributed by atoms with Crippen LogP contribution in [-0.4, -0.2) is 54.5 Å². The summed E-state index contributed by atoms with van der Waals surface area (Å²) in [6.45, 7) is 2.60. The molecule has 0 unspecified atom stereocenters. The van der Waals surface area contributed by atoms with Gasteiger partial charge in [0.2, 0.25) is 0 Å². The predicted octanol–water partition coefficient (Wildman–Crippen LogP) is 1.03. The van der Waals surface area contributed by atoms with E-state index < -0.39 is 5.97 Å². The Labute approximate surface area is 112 Å². The molecular formula is C12H19N3O4. The molecule has 106 valence electrons. The Kier molecular flexibility index (Phi) is 7.45. The van der Waals surface area contributed by atoms with E-state index in [1.165, 1.54) is 12.4 Å². The van der Waals surface area contributed by atoms with Gasteiger partial charge in [-0.3, -0.25) is 4.98 Å². The summed E-state index contributed by atoms with van der Waals surface area (Å²) in [5, 5.41) is 11.8. The minimum atomic E-state index is -1.08. The highest BCUT2D eigenvalue weighted by molar-refractivity contribution is 5.85. The third kappa shape index (κ3) is 6.68. The molecule has 1 heterocycles. The van der Waals surface area contributed by atoms with Crippen LogP contribution in [0.2, 0.25) is 0 Å². The lowest BCUT2D eigenvalue weighted by atomic mass is 10.3. The van der Waals surface area contributed by atoms with E-state index in [9.17, 15) is 4.79 Å². The summed E-state index contributed by atoms with van der Waals surface area (Å²) in [6, 6.07) is 0. The molecule has 1 rings (SSSR count). The van der Waals surface area contributed by atoms with Crippen molar-refractivity contribution < 1.29 is 19.4 Å². The van der Waals surface area contributed by atoms with Crippen molar-refractivity contribution in [1.82, 2.24) is 9.97 Å². The molecule has 2 N–H and O–H groups in total. The quantitative estimate of drug-likeness (QED) is 0.613. The van der Waals surface area contributed by atoms with Crippen LogP contribution in [0.1, 0.15) is 23.3 Å². The van der Waals surface area contributed by atoms with E-state index in [0.717, 1.165) is 12.8 Å². The summed E-state index contributed by atoms with van der Waals surface area (Å²) < 4.78 is 10.2. The maximum atomic E-state index is 10.7. The maximum absolute atomic E-state index is 10.7. The van der Waals surface area contributed by atoms with Gasteiger partial charge in [0.15, 0.2) is 5.69 Å². The second kappa shape index (κ2) is 9.23. The third-order valence-electron chi connectivity index (χ3n) is 2.31. The van der Waals surface area contributed by atoms with Crippen LogP contribution in [0.25, 0.3) is 0 Å². The van der Waals surface area contributed by atoms with E-state index in [2.05, 4.69) is 15.3 Å². The molecule has 0 amide bonds. The average Bonchev–Trinajstić information content (AvgIpc) is 2.42. The third-order valence-corrected chi connectivity index (χ3v) is 2.31. The van der Waals surface area contributed by atoms with Gasteiger partial charge in [-0.1, -0.05) is 0 Å². The fourth-order valence-corrected chi connectivity index (χ4v) is 1.34. The van der Waals surface area contributed by atoms with Crippen molar-refractivity contribution in [3.8, 4) is 0 Å². The second-order valence-electron chi connectivity index (χ2n) is 3.83. The van der Waals surface area contributed by atoms with Gasteiger partial charge in [-0.25, -0.2) is 9.78 Å². The zero-order valence-corrected chi connectivity index (χ0v) is 11.0. The van der Waals surface area contributed by atoms with Crippen molar-refractivity contribution in [3.63, 3.8) is 0 Å². The predicted molar refractivity (Wildman–Crippen MR) is 69.4 cm³/mol. The Morgan fingerprint density at radius 1 is 1.32 bits per heavy atom. The van der Waals surface area contributed by atoms with Crippen LogP contribution in [0.4, 0.5) is 5.82 Å². The van der Waals surface area contributed by atoms with Crippen LogP contribution in [-0.2, 0) is 9.47 Å². The first-order valence-electron chi connectivity index (χ1n) is 6.10. The maximum Gasteiger partial charge on any atom is 0.356 e. The second-order valence-corrected chi connectivity index (χ2v) is 3.83. The van der Waals surface area contributed by atoms with Gasteiger partial charge in [-0.05, 0) is 12.8 Å². The number of nitrogens with zero attached hydrogens (tertiary/aromatic N) is 2. The fraction of sp³-hybridized carbons (Fsp3) is 0.583. The van der Waals surface area contributed by atoms with Gasteiger partial charge in [-0.2, -0.15) is 0 Å². The number of hydrogen-bond acceptors (Lipinski definition) is 6. The zero-order valence-electron chi connectivity index (χ0n) is 11.0. The van der Waals surface area contributed by atoms with Gasteiger partial charge in [-0.15, -0.1) is 0 Å². The Morgan fingerprint density at radius 2 is 2.16 bits per heavy atom. The summed E-state index contributed by atoms with van der Waals surface area (Å²) in [7, 11) is 1.64. The number of anilines is 1. The fourth-order valence-electron chi connectivity index (χ4n) is 1.34. The topological polar surface area (TPSA) is 93.6 Å². The monoisotopic (exact) mass is 269 g/mol. The first-order valence-corrected chi connectivity index (χ1v) is 6.10. The molecule has 19 heavy (non-hydrogen) atoms. The number of unbranched alkanes of at least 4 members (excludes halogenated alkanes) is 1. The lowest BCUT2D eigenvalue weighted by molar-refractivity contribution is 0.0690. The number of aromatic nitrogens is 2. The van der Waals surface area contributed by atoms with E-state index in [4.69, 9.17) is 14.6 Å². The molecule has 0 bridgehead atoms. The Balaban J connectivity index is 2.12. The number of hydrogen-bond donors (Lipinski definition) is 2. The number of nitrogens with one attached hydrogen (secondary N) is 1. The Hall–Kier alpha value is -1.73. The highest BCUT2D eigenvalue weighted by Gasteiger charge is 2.05. The normalized spacial score (nSPS) is 10.4. The first-order chi connectivity index (χ1) is 9.24. The van der Waals surface area contributed by atoms with E-state index in [1.54, 1.807) is 7.11 Å². The molecule has 0 aromatic carbocycles. The molecule has 0 saturated carbocycles. The molecule has 1 aromatic heterocycles. The van der Waals surface area contributed by atoms with Crippen molar-refractivity contribution in [2.24, 2.45) is 0 Å². The number of methoxy groups -OCH3 is 1. The molecule has 0 aliphatic carbocycles. The van der Waals surface area contributed by atoms with Crippen molar-refractivity contribution in [2.45, 2.75) is 12.8 Å². The van der Waals surface area contributed by atoms with Crippen molar-refractivity contribution >= 4 is 11.8 Å². The first kappa shape index (κ1) is 15.3. The molecule has 0 fully saturated rings. The molecule has 0 aliphatic heterocycles. The zero-order chi connectivity index (χ0) is 13.9. The lowest BCUT2D eigenvalue weighted by Crippen LogP contribution is -2.09. The minimum Gasteiger partial charge on any atom is -0.476 e. The molecule has 0 aliphatic rings. The van der Waals surface area contributed by atoms with Crippen LogP contribution in [0.5, 0.6) is 0 Å². The van der Waals surface area contributed by atoms with Crippen LogP contribution < -0.4 is 5.32 Å². The lowest BCUT2D eigenvalue weighted by Gasteiger charge is -2.06. The van der Waals surface area contributed by atoms with Gasteiger partial charge in [0.05, 0.1) is 25.6 Å². The largest absolute Gasteiger partial charge is 0.476 e. The van der Waals surface area contributed by atoms with E-state index in [-0.39, 0.29) is 5.69 Å². The molecular weight excluding hydrogens is 250 g/mol. The minimum absolute atomic E-state index is 0.0621. The van der Waals surface area contributed by atoms with Crippen LogP contribution in [0.3, 0.4) is 0 Å². The van der Waals surface area contributed by atoms with Gasteiger partial charge < -0.3 is 19.9 Å². The van der Waals surface area contributed by atoms with E-state index >= 15 is 0 Å². The molecule has 1 aromatic rings. The van der Waals surface area contributed by atoms with Crippen LogP contribution in [0.15, 0.2) is 12.4 Å². The van der Waals surface area contributed by atoms with Crippen molar-refractivity contribution in [1.29, 1.82) is 0 Å². The number of carboxylic acid groups (broad SMARTS) is 1. The van der Waals surface area contributed by atoms with Crippen molar-refractivity contribution in [3.05, 3.63) is 18.1 Å². The summed E-state index contributed by atoms with van der Waals surface area (Å²) in [5.74, 6) is -0.608. The van der Waals surface area contributed by atoms with Crippen molar-refractivity contribution in [2.75, 3.05) is 38.8 Å². The molecule has 0 spiro atoms. The average molecular weight is 269 g/mol. The number of carbonyl (C=O) groups is 1. The van der Waals surface area contributed by atoms with Gasteiger partial charge in [0.25, 0.3) is 0 Å². The molecule has 0 atom stereocenters. The summed E-state index contributed by atoms with van der Waals surface area (Å²) in [6.07, 6.45) is 4.55. The Morgan fingerprint density at radius 3 is 2.89 bits per heavy atom. The summed E-state index contributed by atoms with van der Waals surface area (Å²) >= 11 is 0. The number of ether oxygens (including phenoxy) is 2. The van der Waals surface area contributed by atoms with Gasteiger partial charge in [0.1, 0.15) is 5.82 Å². The summed E-state index contributed by atoms with van der Waals surface area (Å²) in [4.78, 5) is 18.4. The molecule has 7 nitrogen and oxygen atoms in total. The molecule has 0 radical (unpaired) electrons.